The second kappa shape index (κ2) is 2.76. The van der Waals surface area contributed by atoms with Crippen LogP contribution >= 0.6 is 0 Å². The van der Waals surface area contributed by atoms with Gasteiger partial charge in [0.1, 0.15) is 0 Å². The first-order valence-electron chi connectivity index (χ1n) is 4.66. The third-order valence-corrected chi connectivity index (χ3v) is 3.41. The Morgan fingerprint density at radius 1 is 1.55 bits per heavy atom. The summed E-state index contributed by atoms with van der Waals surface area (Å²) in [6, 6.07) is 0. The molecule has 2 aliphatic heterocycles. The van der Waals surface area contributed by atoms with Gasteiger partial charge in [0.15, 0.2) is 0 Å². The van der Waals surface area contributed by atoms with Crippen LogP contribution in [0.1, 0.15) is 19.8 Å². The van der Waals surface area contributed by atoms with Gasteiger partial charge in [-0.15, -0.1) is 0 Å². The second-order valence-electron chi connectivity index (χ2n) is 3.90. The number of rotatable bonds is 2. The molecule has 11 heavy (non-hydrogen) atoms. The standard InChI is InChI=1S/C9H17NO/c1-2-9(6-11-7-9)8-3-4-10-5-8/h8,10H,2-7H2,1H3. The maximum atomic E-state index is 5.31. The molecule has 2 fully saturated rings. The quantitative estimate of drug-likeness (QED) is 0.643. The number of hydrogen-bond donors (Lipinski definition) is 1. The molecule has 1 unspecified atom stereocenters. The largest absolute Gasteiger partial charge is 0.380 e. The van der Waals surface area contributed by atoms with E-state index in [1.807, 2.05) is 0 Å². The highest BCUT2D eigenvalue weighted by Gasteiger charge is 2.44. The van der Waals surface area contributed by atoms with Gasteiger partial charge in [0, 0.05) is 5.41 Å². The smallest absolute Gasteiger partial charge is 0.0547 e. The van der Waals surface area contributed by atoms with E-state index in [9.17, 15) is 0 Å². The Kier molecular flexibility index (Phi) is 1.90. The first-order chi connectivity index (χ1) is 5.37. The van der Waals surface area contributed by atoms with Gasteiger partial charge >= 0.3 is 0 Å². The molecule has 0 saturated carbocycles. The van der Waals surface area contributed by atoms with Crippen LogP contribution in [0.5, 0.6) is 0 Å². The molecule has 0 aromatic heterocycles. The topological polar surface area (TPSA) is 21.3 Å². The van der Waals surface area contributed by atoms with Gasteiger partial charge in [-0.2, -0.15) is 0 Å². The summed E-state index contributed by atoms with van der Waals surface area (Å²) in [6.07, 6.45) is 2.65. The summed E-state index contributed by atoms with van der Waals surface area (Å²) >= 11 is 0. The summed E-state index contributed by atoms with van der Waals surface area (Å²) in [5, 5.41) is 3.42. The van der Waals surface area contributed by atoms with E-state index < -0.39 is 0 Å². The molecule has 2 heteroatoms. The molecule has 0 bridgehead atoms. The minimum absolute atomic E-state index is 0.559. The molecule has 64 valence electrons. The fourth-order valence-electron chi connectivity index (χ4n) is 2.27. The van der Waals surface area contributed by atoms with Crippen LogP contribution in [0.15, 0.2) is 0 Å². The zero-order chi connectivity index (χ0) is 7.73. The molecule has 2 nitrogen and oxygen atoms in total. The van der Waals surface area contributed by atoms with E-state index in [0.717, 1.165) is 19.1 Å². The molecule has 2 saturated heterocycles. The van der Waals surface area contributed by atoms with Crippen LogP contribution in [0.2, 0.25) is 0 Å². The first kappa shape index (κ1) is 7.56. The molecule has 2 aliphatic rings. The van der Waals surface area contributed by atoms with Crippen molar-refractivity contribution in [3.05, 3.63) is 0 Å². The predicted octanol–water partition coefficient (Wildman–Crippen LogP) is 1.02. The summed E-state index contributed by atoms with van der Waals surface area (Å²) < 4.78 is 5.31. The van der Waals surface area contributed by atoms with Crippen molar-refractivity contribution < 1.29 is 4.74 Å². The van der Waals surface area contributed by atoms with Crippen LogP contribution in [0.4, 0.5) is 0 Å². The number of nitrogens with one attached hydrogen (secondary N) is 1. The van der Waals surface area contributed by atoms with Crippen molar-refractivity contribution in [3.63, 3.8) is 0 Å². The van der Waals surface area contributed by atoms with Crippen LogP contribution < -0.4 is 5.32 Å². The van der Waals surface area contributed by atoms with E-state index in [0.29, 0.717) is 5.41 Å². The summed E-state index contributed by atoms with van der Waals surface area (Å²) in [5.74, 6) is 0.890. The van der Waals surface area contributed by atoms with Gasteiger partial charge in [-0.25, -0.2) is 0 Å². The van der Waals surface area contributed by atoms with E-state index >= 15 is 0 Å². The van der Waals surface area contributed by atoms with Crippen molar-refractivity contribution in [1.82, 2.24) is 5.32 Å². The van der Waals surface area contributed by atoms with E-state index in [2.05, 4.69) is 12.2 Å². The highest BCUT2D eigenvalue weighted by Crippen LogP contribution is 2.41. The molecule has 0 spiro atoms. The van der Waals surface area contributed by atoms with Crippen molar-refractivity contribution in [2.45, 2.75) is 19.8 Å². The van der Waals surface area contributed by atoms with Gasteiger partial charge in [0.25, 0.3) is 0 Å². The summed E-state index contributed by atoms with van der Waals surface area (Å²) in [7, 11) is 0. The Labute approximate surface area is 68.3 Å². The maximum Gasteiger partial charge on any atom is 0.0547 e. The minimum atomic E-state index is 0.559. The number of ether oxygens (including phenoxy) is 1. The monoisotopic (exact) mass is 155 g/mol. The SMILES string of the molecule is CCC1(C2CCNC2)COC1. The van der Waals surface area contributed by atoms with E-state index in [-0.39, 0.29) is 0 Å². The Morgan fingerprint density at radius 2 is 2.36 bits per heavy atom. The molecule has 0 radical (unpaired) electrons. The van der Waals surface area contributed by atoms with Crippen LogP contribution in [0.25, 0.3) is 0 Å². The highest BCUT2D eigenvalue weighted by atomic mass is 16.5. The maximum absolute atomic E-state index is 5.31. The summed E-state index contributed by atoms with van der Waals surface area (Å²) in [6.45, 7) is 6.75. The van der Waals surface area contributed by atoms with Crippen LogP contribution in [0.3, 0.4) is 0 Å². The Bertz CT molecular complexity index is 131. The van der Waals surface area contributed by atoms with Crippen molar-refractivity contribution >= 4 is 0 Å². The molecule has 0 amide bonds. The van der Waals surface area contributed by atoms with Gasteiger partial charge in [-0.3, -0.25) is 0 Å². The summed E-state index contributed by atoms with van der Waals surface area (Å²) in [4.78, 5) is 0. The average molecular weight is 155 g/mol. The summed E-state index contributed by atoms with van der Waals surface area (Å²) in [5.41, 5.74) is 0.559. The van der Waals surface area contributed by atoms with Crippen molar-refractivity contribution in [2.24, 2.45) is 11.3 Å². The molecule has 2 heterocycles. The van der Waals surface area contributed by atoms with E-state index in [1.54, 1.807) is 0 Å². The minimum Gasteiger partial charge on any atom is -0.380 e. The third-order valence-electron chi connectivity index (χ3n) is 3.41. The molecule has 2 rings (SSSR count). The van der Waals surface area contributed by atoms with Gasteiger partial charge in [-0.1, -0.05) is 6.92 Å². The molecular weight excluding hydrogens is 138 g/mol. The fraction of sp³-hybridized carbons (Fsp3) is 1.00. The van der Waals surface area contributed by atoms with Gasteiger partial charge in [-0.05, 0) is 31.8 Å². The van der Waals surface area contributed by atoms with Crippen LogP contribution in [-0.4, -0.2) is 26.3 Å². The highest BCUT2D eigenvalue weighted by molar-refractivity contribution is 4.94. The lowest BCUT2D eigenvalue weighted by Gasteiger charge is -2.45. The van der Waals surface area contributed by atoms with Crippen molar-refractivity contribution in [2.75, 3.05) is 26.3 Å². The lowest BCUT2D eigenvalue weighted by atomic mass is 9.71. The third kappa shape index (κ3) is 1.09. The molecule has 1 N–H and O–H groups in total. The zero-order valence-electron chi connectivity index (χ0n) is 7.23. The second-order valence-corrected chi connectivity index (χ2v) is 3.90. The van der Waals surface area contributed by atoms with E-state index in [4.69, 9.17) is 4.74 Å². The van der Waals surface area contributed by atoms with Crippen LogP contribution in [-0.2, 0) is 4.74 Å². The molecule has 0 aliphatic carbocycles. The Morgan fingerprint density at radius 3 is 2.73 bits per heavy atom. The van der Waals surface area contributed by atoms with Crippen molar-refractivity contribution in [1.29, 1.82) is 0 Å². The predicted molar refractivity (Wildman–Crippen MR) is 44.5 cm³/mol. The number of hydrogen-bond acceptors (Lipinski definition) is 2. The van der Waals surface area contributed by atoms with Gasteiger partial charge < -0.3 is 10.1 Å². The first-order valence-corrected chi connectivity index (χ1v) is 4.66. The fourth-order valence-corrected chi connectivity index (χ4v) is 2.27. The van der Waals surface area contributed by atoms with Gasteiger partial charge in [0.05, 0.1) is 13.2 Å². The lowest BCUT2D eigenvalue weighted by Crippen LogP contribution is -2.48. The molecule has 0 aromatic carbocycles. The molecule has 1 atom stereocenters. The lowest BCUT2D eigenvalue weighted by molar-refractivity contribution is -0.143. The van der Waals surface area contributed by atoms with Crippen molar-refractivity contribution in [3.8, 4) is 0 Å². The van der Waals surface area contributed by atoms with E-state index in [1.165, 1.54) is 25.9 Å². The molecule has 0 aromatic rings. The van der Waals surface area contributed by atoms with Crippen LogP contribution in [0, 0.1) is 11.3 Å². The zero-order valence-corrected chi connectivity index (χ0v) is 7.23. The Balaban J connectivity index is 1.99. The van der Waals surface area contributed by atoms with Gasteiger partial charge in [0.2, 0.25) is 0 Å². The molecular formula is C9H17NO. The Hall–Kier alpha value is -0.0800. The normalized spacial score (nSPS) is 35.2. The average Bonchev–Trinajstić information content (AvgIpc) is 2.39.